The Morgan fingerprint density at radius 3 is 2.33 bits per heavy atom. The highest BCUT2D eigenvalue weighted by Crippen LogP contribution is 2.38. The van der Waals surface area contributed by atoms with Crippen LogP contribution >= 0.6 is 0 Å². The quantitative estimate of drug-likeness (QED) is 0.645. The first-order valence-electron chi connectivity index (χ1n) is 8.86. The molecule has 24 heavy (non-hydrogen) atoms. The van der Waals surface area contributed by atoms with Crippen LogP contribution in [-0.2, 0) is 11.8 Å². The van der Waals surface area contributed by atoms with Gasteiger partial charge in [-0.2, -0.15) is 0 Å². The molecule has 0 aliphatic heterocycles. The highest BCUT2D eigenvalue weighted by molar-refractivity contribution is 6.18. The fourth-order valence-corrected chi connectivity index (χ4v) is 3.56. The third-order valence-corrected chi connectivity index (χ3v) is 5.05. The second kappa shape index (κ2) is 6.55. The molecule has 1 nitrogen and oxygen atoms in total. The minimum absolute atomic E-state index is 0.161. The zero-order valence-electron chi connectivity index (χ0n) is 16.4. The Balaban J connectivity index is 2.57. The largest absolute Gasteiger partial charge is 0.300 e. The summed E-state index contributed by atoms with van der Waals surface area (Å²) < 4.78 is 0. The van der Waals surface area contributed by atoms with Gasteiger partial charge >= 0.3 is 0 Å². The third kappa shape index (κ3) is 3.31. The highest BCUT2D eigenvalue weighted by atomic mass is 14.5. The number of allylic oxidation sites excluding steroid dienone is 5. The molecule has 2 rings (SSSR count). The van der Waals surface area contributed by atoms with Crippen LogP contribution in [0.15, 0.2) is 47.1 Å². The van der Waals surface area contributed by atoms with E-state index in [1.807, 2.05) is 6.92 Å². The van der Waals surface area contributed by atoms with Crippen LogP contribution in [0.5, 0.6) is 0 Å². The van der Waals surface area contributed by atoms with Gasteiger partial charge in [0.05, 0.1) is 5.71 Å². The van der Waals surface area contributed by atoms with E-state index in [9.17, 15) is 0 Å². The predicted molar refractivity (Wildman–Crippen MR) is 107 cm³/mol. The predicted octanol–water partition coefficient (Wildman–Crippen LogP) is 6.64. The fourth-order valence-electron chi connectivity index (χ4n) is 3.56. The lowest BCUT2D eigenvalue weighted by Gasteiger charge is -2.27. The van der Waals surface area contributed by atoms with Crippen molar-refractivity contribution in [2.45, 2.75) is 66.7 Å². The molecule has 0 fully saturated rings. The minimum atomic E-state index is 0.161. The van der Waals surface area contributed by atoms with Crippen molar-refractivity contribution in [1.82, 2.24) is 0 Å². The molecule has 0 unspecified atom stereocenters. The summed E-state index contributed by atoms with van der Waals surface area (Å²) in [6.45, 7) is 19.3. The van der Waals surface area contributed by atoms with Gasteiger partial charge in [0.1, 0.15) is 0 Å². The Morgan fingerprint density at radius 2 is 1.83 bits per heavy atom. The normalized spacial score (nSPS) is 16.0. The van der Waals surface area contributed by atoms with Crippen molar-refractivity contribution in [1.29, 1.82) is 5.41 Å². The molecule has 1 N–H and O–H groups in total. The second-order valence-electron chi connectivity index (χ2n) is 8.07. The summed E-state index contributed by atoms with van der Waals surface area (Å²) in [4.78, 5) is 0. The summed E-state index contributed by atoms with van der Waals surface area (Å²) in [5, 5.41) is 8.58. The first-order chi connectivity index (χ1) is 11.1. The van der Waals surface area contributed by atoms with E-state index in [1.165, 1.54) is 27.8 Å². The van der Waals surface area contributed by atoms with Crippen molar-refractivity contribution in [3.63, 3.8) is 0 Å². The maximum absolute atomic E-state index is 8.58. The number of hydrogen-bond acceptors (Lipinski definition) is 1. The Kier molecular flexibility index (Phi) is 5.03. The Labute approximate surface area is 147 Å². The van der Waals surface area contributed by atoms with Crippen LogP contribution < -0.4 is 0 Å². The molecule has 0 spiro atoms. The van der Waals surface area contributed by atoms with Gasteiger partial charge < -0.3 is 0 Å². The van der Waals surface area contributed by atoms with Crippen LogP contribution in [0.1, 0.15) is 71.6 Å². The molecular weight excluding hydrogens is 290 g/mol. The van der Waals surface area contributed by atoms with Gasteiger partial charge in [0.2, 0.25) is 0 Å². The first-order valence-corrected chi connectivity index (χ1v) is 8.86. The van der Waals surface area contributed by atoms with Gasteiger partial charge in [0.15, 0.2) is 0 Å². The lowest BCUT2D eigenvalue weighted by Crippen LogP contribution is -2.16. The van der Waals surface area contributed by atoms with Crippen molar-refractivity contribution in [3.8, 4) is 0 Å². The van der Waals surface area contributed by atoms with Gasteiger partial charge in [0, 0.05) is 5.57 Å². The molecule has 0 atom stereocenters. The molecule has 0 saturated heterocycles. The molecule has 0 radical (unpaired) electrons. The van der Waals surface area contributed by atoms with Gasteiger partial charge in [-0.15, -0.1) is 0 Å². The highest BCUT2D eigenvalue weighted by Gasteiger charge is 2.24. The Bertz CT molecular complexity index is 764. The molecule has 0 bridgehead atoms. The first kappa shape index (κ1) is 18.4. The van der Waals surface area contributed by atoms with E-state index in [0.29, 0.717) is 5.71 Å². The van der Waals surface area contributed by atoms with Gasteiger partial charge in [-0.05, 0) is 72.4 Å². The molecular formula is C23H31N. The molecule has 1 aliphatic rings. The molecule has 0 saturated carbocycles. The average molecular weight is 322 g/mol. The number of rotatable bonds is 3. The molecule has 0 aromatic heterocycles. The lowest BCUT2D eigenvalue weighted by molar-refractivity contribution is 0.589. The number of hydrogen-bond donors (Lipinski definition) is 1. The molecule has 1 aliphatic carbocycles. The van der Waals surface area contributed by atoms with E-state index in [0.717, 1.165) is 29.6 Å². The van der Waals surface area contributed by atoms with E-state index >= 15 is 0 Å². The van der Waals surface area contributed by atoms with Crippen molar-refractivity contribution in [3.05, 3.63) is 63.8 Å². The van der Waals surface area contributed by atoms with Gasteiger partial charge in [-0.3, -0.25) is 5.41 Å². The summed E-state index contributed by atoms with van der Waals surface area (Å²) in [5.74, 6) is 0. The summed E-state index contributed by atoms with van der Waals surface area (Å²) in [6.07, 6.45) is 1.93. The zero-order valence-corrected chi connectivity index (χ0v) is 16.4. The summed E-state index contributed by atoms with van der Waals surface area (Å²) in [5.41, 5.74) is 10.6. The number of nitrogens with one attached hydrogen (secondary N) is 1. The smallest absolute Gasteiger partial charge is 0.0646 e. The van der Waals surface area contributed by atoms with E-state index in [1.54, 1.807) is 0 Å². The third-order valence-electron chi connectivity index (χ3n) is 5.05. The standard InChI is InChI=1S/C23H31N/c1-9-17-13-18(23(6,7)8)10-11-19(17)20-12-15(4)21(14(2)3)22(24)16(20)5/h10-11,13,24H,2,9,12H2,1,3-8H3. The van der Waals surface area contributed by atoms with E-state index < -0.39 is 0 Å². The molecule has 1 aromatic carbocycles. The van der Waals surface area contributed by atoms with Crippen LogP contribution in [0.25, 0.3) is 5.57 Å². The van der Waals surface area contributed by atoms with Crippen molar-refractivity contribution >= 4 is 11.3 Å². The van der Waals surface area contributed by atoms with Crippen molar-refractivity contribution in [2.75, 3.05) is 0 Å². The van der Waals surface area contributed by atoms with Crippen LogP contribution in [0.3, 0.4) is 0 Å². The van der Waals surface area contributed by atoms with Crippen LogP contribution in [0, 0.1) is 5.41 Å². The van der Waals surface area contributed by atoms with Crippen molar-refractivity contribution < 1.29 is 0 Å². The maximum Gasteiger partial charge on any atom is 0.0646 e. The van der Waals surface area contributed by atoms with E-state index in [-0.39, 0.29) is 5.41 Å². The van der Waals surface area contributed by atoms with Gasteiger partial charge in [-0.1, -0.05) is 58.0 Å². The van der Waals surface area contributed by atoms with Crippen LogP contribution in [0.4, 0.5) is 0 Å². The Hall–Kier alpha value is -1.89. The zero-order chi connectivity index (χ0) is 18.2. The van der Waals surface area contributed by atoms with E-state index in [4.69, 9.17) is 5.41 Å². The summed E-state index contributed by atoms with van der Waals surface area (Å²) in [6, 6.07) is 6.88. The number of aryl methyl sites for hydroxylation is 1. The van der Waals surface area contributed by atoms with Gasteiger partial charge in [0.25, 0.3) is 0 Å². The van der Waals surface area contributed by atoms with Crippen LogP contribution in [-0.4, -0.2) is 5.71 Å². The SMILES string of the molecule is C=C(C)C1=C(C)CC(c2ccc(C(C)(C)C)cc2CC)=C(C)C1=N. The maximum atomic E-state index is 8.58. The summed E-state index contributed by atoms with van der Waals surface area (Å²) >= 11 is 0. The molecule has 1 aromatic rings. The molecule has 0 heterocycles. The van der Waals surface area contributed by atoms with Gasteiger partial charge in [-0.25, -0.2) is 0 Å². The molecule has 0 amide bonds. The van der Waals surface area contributed by atoms with E-state index in [2.05, 4.69) is 66.3 Å². The second-order valence-corrected chi connectivity index (χ2v) is 8.07. The molecule has 1 heteroatoms. The molecule has 128 valence electrons. The minimum Gasteiger partial charge on any atom is -0.300 e. The topological polar surface area (TPSA) is 23.9 Å². The number of benzene rings is 1. The Morgan fingerprint density at radius 1 is 1.21 bits per heavy atom. The van der Waals surface area contributed by atoms with Crippen molar-refractivity contribution in [2.24, 2.45) is 0 Å². The van der Waals surface area contributed by atoms with Crippen LogP contribution in [0.2, 0.25) is 0 Å². The average Bonchev–Trinajstić information content (AvgIpc) is 2.49. The summed E-state index contributed by atoms with van der Waals surface area (Å²) in [7, 11) is 0. The monoisotopic (exact) mass is 321 g/mol. The lowest BCUT2D eigenvalue weighted by atomic mass is 9.78. The fraction of sp³-hybridized carbons (Fsp3) is 0.435.